The molecule has 0 radical (unpaired) electrons. The molecule has 0 aliphatic heterocycles. The zero-order valence-electron chi connectivity index (χ0n) is 18.2. The standard InChI is InChI=1S/C23H24ClN3O4S/c1-22(2,3)31-21(28)23(13-14-25,16-8-10-17(24)11-9-16)27-15-12-18-19(26-32(4,29)30)6-5-7-20(18)27/h5-12,15,26H,13H2,1-4H3. The van der Waals surface area contributed by atoms with Crippen LogP contribution in [0.2, 0.25) is 5.02 Å². The topological polar surface area (TPSA) is 101 Å². The zero-order chi connectivity index (χ0) is 23.7. The highest BCUT2D eigenvalue weighted by Gasteiger charge is 2.46. The molecule has 9 heteroatoms. The molecule has 7 nitrogen and oxygen atoms in total. The van der Waals surface area contributed by atoms with Gasteiger partial charge in [-0.1, -0.05) is 29.8 Å². The number of benzene rings is 2. The SMILES string of the molecule is CC(C)(C)OC(=O)C(CC#N)(c1ccc(Cl)cc1)n1ccc2c(NS(C)(=O)=O)cccc21. The van der Waals surface area contributed by atoms with Crippen LogP contribution < -0.4 is 4.72 Å². The molecule has 1 atom stereocenters. The summed E-state index contributed by atoms with van der Waals surface area (Å²) < 4.78 is 33.6. The number of nitrogens with zero attached hydrogens (tertiary/aromatic N) is 2. The van der Waals surface area contributed by atoms with E-state index in [0.29, 0.717) is 27.2 Å². The zero-order valence-corrected chi connectivity index (χ0v) is 19.8. The van der Waals surface area contributed by atoms with Gasteiger partial charge in [-0.3, -0.25) is 4.72 Å². The molecule has 0 saturated carbocycles. The van der Waals surface area contributed by atoms with E-state index in [9.17, 15) is 18.5 Å². The van der Waals surface area contributed by atoms with Gasteiger partial charge in [0.05, 0.1) is 29.9 Å². The predicted octanol–water partition coefficient (Wildman–Crippen LogP) is 4.67. The Morgan fingerprint density at radius 1 is 1.16 bits per heavy atom. The van der Waals surface area contributed by atoms with Gasteiger partial charge in [-0.05, 0) is 56.7 Å². The number of halogens is 1. The lowest BCUT2D eigenvalue weighted by Crippen LogP contribution is -2.46. The summed E-state index contributed by atoms with van der Waals surface area (Å²) in [6.07, 6.45) is 2.52. The number of hydrogen-bond donors (Lipinski definition) is 1. The molecule has 0 spiro atoms. The third-order valence-electron chi connectivity index (χ3n) is 4.83. The molecule has 2 aromatic carbocycles. The highest BCUT2D eigenvalue weighted by molar-refractivity contribution is 7.92. The number of nitriles is 1. The Morgan fingerprint density at radius 2 is 1.81 bits per heavy atom. The van der Waals surface area contributed by atoms with Gasteiger partial charge in [-0.25, -0.2) is 13.2 Å². The quantitative estimate of drug-likeness (QED) is 0.524. The normalized spacial score (nSPS) is 13.9. The van der Waals surface area contributed by atoms with Gasteiger partial charge in [0, 0.05) is 16.6 Å². The van der Waals surface area contributed by atoms with Crippen molar-refractivity contribution in [1.29, 1.82) is 5.26 Å². The minimum absolute atomic E-state index is 0.211. The van der Waals surface area contributed by atoms with Crippen LogP contribution in [0.4, 0.5) is 5.69 Å². The minimum Gasteiger partial charge on any atom is -0.458 e. The molecule has 0 aliphatic carbocycles. The molecule has 168 valence electrons. The van der Waals surface area contributed by atoms with Crippen molar-refractivity contribution in [3.05, 3.63) is 65.3 Å². The number of sulfonamides is 1. The summed E-state index contributed by atoms with van der Waals surface area (Å²) in [5.74, 6) is -0.604. The molecule has 0 bridgehead atoms. The van der Waals surface area contributed by atoms with Gasteiger partial charge in [0.2, 0.25) is 10.0 Å². The van der Waals surface area contributed by atoms with Crippen LogP contribution in [-0.4, -0.2) is 30.8 Å². The molecule has 0 saturated heterocycles. The number of carbonyl (C=O) groups excluding carboxylic acids is 1. The Balaban J connectivity index is 2.34. The van der Waals surface area contributed by atoms with E-state index in [1.54, 1.807) is 80.1 Å². The van der Waals surface area contributed by atoms with Gasteiger partial charge >= 0.3 is 5.97 Å². The number of rotatable bonds is 6. The number of carbonyl (C=O) groups is 1. The first-order valence-corrected chi connectivity index (χ1v) is 12.1. The van der Waals surface area contributed by atoms with Gasteiger partial charge in [0.25, 0.3) is 0 Å². The Kier molecular flexibility index (Phi) is 6.27. The summed E-state index contributed by atoms with van der Waals surface area (Å²) in [6, 6.07) is 15.6. The van der Waals surface area contributed by atoms with Crippen molar-refractivity contribution in [3.63, 3.8) is 0 Å². The number of esters is 1. The summed E-state index contributed by atoms with van der Waals surface area (Å²) >= 11 is 6.07. The summed E-state index contributed by atoms with van der Waals surface area (Å²) in [6.45, 7) is 5.27. The molecule has 3 aromatic rings. The first kappa shape index (κ1) is 23.6. The molecular weight excluding hydrogens is 450 g/mol. The van der Waals surface area contributed by atoms with Crippen molar-refractivity contribution in [2.75, 3.05) is 11.0 Å². The molecule has 0 amide bonds. The highest BCUT2D eigenvalue weighted by Crippen LogP contribution is 2.38. The third-order valence-corrected chi connectivity index (χ3v) is 5.68. The fourth-order valence-electron chi connectivity index (χ4n) is 3.61. The predicted molar refractivity (Wildman–Crippen MR) is 125 cm³/mol. The van der Waals surface area contributed by atoms with Gasteiger partial charge in [-0.15, -0.1) is 0 Å². The maximum atomic E-state index is 13.7. The molecule has 1 heterocycles. The minimum atomic E-state index is -3.52. The molecule has 1 N–H and O–H groups in total. The largest absolute Gasteiger partial charge is 0.458 e. The molecule has 0 fully saturated rings. The summed E-state index contributed by atoms with van der Waals surface area (Å²) in [5, 5.41) is 10.8. The van der Waals surface area contributed by atoms with E-state index in [1.807, 2.05) is 0 Å². The van der Waals surface area contributed by atoms with Gasteiger partial charge < -0.3 is 9.30 Å². The van der Waals surface area contributed by atoms with Gasteiger partial charge in [-0.2, -0.15) is 5.26 Å². The lowest BCUT2D eigenvalue weighted by atomic mass is 9.86. The average molecular weight is 474 g/mol. The second-order valence-electron chi connectivity index (χ2n) is 8.50. The smallest absolute Gasteiger partial charge is 0.338 e. The van der Waals surface area contributed by atoms with E-state index < -0.39 is 27.1 Å². The maximum Gasteiger partial charge on any atom is 0.338 e. The van der Waals surface area contributed by atoms with Crippen molar-refractivity contribution >= 4 is 44.2 Å². The monoisotopic (exact) mass is 473 g/mol. The Bertz CT molecular complexity index is 1300. The summed E-state index contributed by atoms with van der Waals surface area (Å²) in [7, 11) is -3.52. The van der Waals surface area contributed by atoms with Crippen molar-refractivity contribution < 1.29 is 17.9 Å². The van der Waals surface area contributed by atoms with E-state index in [4.69, 9.17) is 16.3 Å². The number of aromatic nitrogens is 1. The second kappa shape index (κ2) is 8.49. The average Bonchev–Trinajstić information content (AvgIpc) is 3.10. The molecule has 32 heavy (non-hydrogen) atoms. The Labute approximate surface area is 192 Å². The third kappa shape index (κ3) is 4.74. The fraction of sp³-hybridized carbons (Fsp3) is 0.304. The van der Waals surface area contributed by atoms with Gasteiger partial charge in [0.15, 0.2) is 5.54 Å². The van der Waals surface area contributed by atoms with E-state index >= 15 is 0 Å². The van der Waals surface area contributed by atoms with Crippen LogP contribution in [-0.2, 0) is 25.1 Å². The van der Waals surface area contributed by atoms with E-state index in [2.05, 4.69) is 10.8 Å². The maximum absolute atomic E-state index is 13.7. The molecule has 0 aliphatic rings. The number of anilines is 1. The number of nitrogens with one attached hydrogen (secondary N) is 1. The van der Waals surface area contributed by atoms with Crippen LogP contribution in [0.15, 0.2) is 54.7 Å². The lowest BCUT2D eigenvalue weighted by molar-refractivity contribution is -0.163. The van der Waals surface area contributed by atoms with E-state index in [-0.39, 0.29) is 6.42 Å². The van der Waals surface area contributed by atoms with Crippen LogP contribution in [0.25, 0.3) is 10.9 Å². The van der Waals surface area contributed by atoms with E-state index in [1.165, 1.54) is 0 Å². The highest BCUT2D eigenvalue weighted by atomic mass is 35.5. The van der Waals surface area contributed by atoms with Crippen LogP contribution in [0.5, 0.6) is 0 Å². The van der Waals surface area contributed by atoms with Crippen LogP contribution in [0, 0.1) is 11.3 Å². The van der Waals surface area contributed by atoms with Crippen molar-refractivity contribution in [2.24, 2.45) is 0 Å². The molecule has 1 aromatic heterocycles. The van der Waals surface area contributed by atoms with Crippen molar-refractivity contribution in [2.45, 2.75) is 38.3 Å². The molecular formula is C23H24ClN3O4S. The fourth-order valence-corrected chi connectivity index (χ4v) is 4.31. The molecule has 3 rings (SSSR count). The van der Waals surface area contributed by atoms with Crippen LogP contribution in [0.1, 0.15) is 32.8 Å². The van der Waals surface area contributed by atoms with E-state index in [0.717, 1.165) is 6.26 Å². The lowest BCUT2D eigenvalue weighted by Gasteiger charge is -2.35. The first-order chi connectivity index (χ1) is 14.9. The number of hydrogen-bond acceptors (Lipinski definition) is 5. The first-order valence-electron chi connectivity index (χ1n) is 9.82. The summed E-state index contributed by atoms with van der Waals surface area (Å²) in [4.78, 5) is 13.7. The van der Waals surface area contributed by atoms with Crippen molar-refractivity contribution in [1.82, 2.24) is 4.57 Å². The Hall–Kier alpha value is -3.02. The van der Waals surface area contributed by atoms with Crippen LogP contribution >= 0.6 is 11.6 Å². The number of ether oxygens (including phenoxy) is 1. The van der Waals surface area contributed by atoms with Gasteiger partial charge in [0.1, 0.15) is 5.60 Å². The van der Waals surface area contributed by atoms with Crippen molar-refractivity contribution in [3.8, 4) is 6.07 Å². The summed E-state index contributed by atoms with van der Waals surface area (Å²) in [5.41, 5.74) is -0.852. The number of fused-ring (bicyclic) bond motifs is 1. The van der Waals surface area contributed by atoms with Crippen LogP contribution in [0.3, 0.4) is 0 Å². The molecule has 1 unspecified atom stereocenters. The Morgan fingerprint density at radius 3 is 2.38 bits per heavy atom. The second-order valence-corrected chi connectivity index (χ2v) is 10.7.